The smallest absolute Gasteiger partial charge is 0.278 e. The third-order valence-corrected chi connectivity index (χ3v) is 9.31. The molecule has 0 atom stereocenters. The summed E-state index contributed by atoms with van der Waals surface area (Å²) in [4.78, 5) is 41.6. The Bertz CT molecular complexity index is 1980. The number of rotatable bonds is 19. The van der Waals surface area contributed by atoms with E-state index >= 15 is 0 Å². The fourth-order valence-corrected chi connectivity index (χ4v) is 6.37. The number of hydrogen-bond donors (Lipinski definition) is 0. The normalized spacial score (nSPS) is 15.5. The molecule has 302 valence electrons. The lowest BCUT2D eigenvalue weighted by molar-refractivity contribution is -0.125. The van der Waals surface area contributed by atoms with Gasteiger partial charge in [0.05, 0.1) is 25.4 Å². The zero-order valence-electron chi connectivity index (χ0n) is 34.4. The molecule has 2 aliphatic rings. The van der Waals surface area contributed by atoms with Crippen LogP contribution in [0.25, 0.3) is 12.2 Å². The lowest BCUT2D eigenvalue weighted by Crippen LogP contribution is -2.42. The Morgan fingerprint density at radius 3 is 1.19 bits per heavy atom. The largest absolute Gasteiger partial charge is 0.494 e. The maximum Gasteiger partial charge on any atom is 0.278 e. The Hall–Kier alpha value is -6.16. The molecule has 2 amide bonds. The molecular formula is C48H54N4O6. The van der Waals surface area contributed by atoms with Crippen molar-refractivity contribution in [3.8, 4) is 23.0 Å². The van der Waals surface area contributed by atoms with Gasteiger partial charge in [-0.25, -0.2) is 9.98 Å². The average molecular weight is 783 g/mol. The number of aliphatic imine (C=N–C) groups is 2. The number of carbonyl (C=O) groups excluding carboxylic acids is 2. The Morgan fingerprint density at radius 1 is 0.517 bits per heavy atom. The fourth-order valence-electron chi connectivity index (χ4n) is 6.37. The molecule has 4 aromatic carbocycles. The van der Waals surface area contributed by atoms with Crippen molar-refractivity contribution in [2.75, 3.05) is 26.3 Å². The molecule has 0 aliphatic carbocycles. The molecule has 0 aromatic heterocycles. The van der Waals surface area contributed by atoms with E-state index in [0.29, 0.717) is 36.3 Å². The first kappa shape index (κ1) is 41.5. The second-order valence-electron chi connectivity index (χ2n) is 14.8. The minimum atomic E-state index is -0.265. The lowest BCUT2D eigenvalue weighted by Gasteiger charge is -2.24. The van der Waals surface area contributed by atoms with Gasteiger partial charge in [0, 0.05) is 24.2 Å². The van der Waals surface area contributed by atoms with E-state index < -0.39 is 0 Å². The number of unbranched alkanes of at least 4 members (excludes halogenated alkanes) is 2. The molecule has 10 heteroatoms. The van der Waals surface area contributed by atoms with Crippen LogP contribution in [0.4, 0.5) is 0 Å². The number of ether oxygens (including phenoxy) is 4. The molecule has 58 heavy (non-hydrogen) atoms. The molecule has 2 aliphatic heterocycles. The van der Waals surface area contributed by atoms with Gasteiger partial charge in [0.15, 0.2) is 0 Å². The molecule has 2 heterocycles. The van der Waals surface area contributed by atoms with Crippen molar-refractivity contribution in [3.05, 3.63) is 131 Å². The Labute approximate surface area is 342 Å². The van der Waals surface area contributed by atoms with Crippen molar-refractivity contribution >= 4 is 35.6 Å². The lowest BCUT2D eigenvalue weighted by atomic mass is 10.1. The van der Waals surface area contributed by atoms with Crippen molar-refractivity contribution in [2.24, 2.45) is 9.98 Å². The third kappa shape index (κ3) is 10.8. The van der Waals surface area contributed by atoms with Crippen LogP contribution in [0.1, 0.15) is 89.5 Å². The molecule has 10 nitrogen and oxygen atoms in total. The zero-order chi connectivity index (χ0) is 41.0. The van der Waals surface area contributed by atoms with Crippen LogP contribution in [-0.2, 0) is 9.59 Å². The molecule has 0 spiro atoms. The highest BCUT2D eigenvalue weighted by atomic mass is 16.5. The molecule has 4 aromatic rings. The Balaban J connectivity index is 1.29. The van der Waals surface area contributed by atoms with Crippen LogP contribution in [-0.4, -0.2) is 71.8 Å². The van der Waals surface area contributed by atoms with Crippen LogP contribution in [0, 0.1) is 0 Å². The monoisotopic (exact) mass is 782 g/mol. The summed E-state index contributed by atoms with van der Waals surface area (Å²) in [5.41, 5.74) is 3.73. The van der Waals surface area contributed by atoms with Crippen LogP contribution in [0.15, 0.2) is 118 Å². The molecule has 0 saturated heterocycles. The number of carbonyl (C=O) groups is 2. The first-order chi connectivity index (χ1) is 28.1. The predicted octanol–water partition coefficient (Wildman–Crippen LogP) is 9.58. The summed E-state index contributed by atoms with van der Waals surface area (Å²) in [6.07, 6.45) is 7.65. The van der Waals surface area contributed by atoms with Crippen molar-refractivity contribution in [1.29, 1.82) is 0 Å². The molecule has 0 N–H and O–H groups in total. The van der Waals surface area contributed by atoms with Gasteiger partial charge in [0.25, 0.3) is 11.8 Å². The van der Waals surface area contributed by atoms with Gasteiger partial charge in [-0.3, -0.25) is 19.4 Å². The van der Waals surface area contributed by atoms with Gasteiger partial charge in [-0.15, -0.1) is 0 Å². The highest BCUT2D eigenvalue weighted by Crippen LogP contribution is 2.28. The van der Waals surface area contributed by atoms with Crippen molar-refractivity contribution in [2.45, 2.75) is 79.4 Å². The van der Waals surface area contributed by atoms with E-state index in [0.717, 1.165) is 70.9 Å². The SMILES string of the molecule is CCCCOc1ccc(C2=NC(=Cc3ccc(OC(C)C)cc3)C(=O)N2CCN2C(=O)C(=Cc3ccc(OC(C)C)cc3)N=C2c2ccc(OCCCC)cc2)cc1. The van der Waals surface area contributed by atoms with E-state index in [2.05, 4.69) is 13.8 Å². The fraction of sp³-hybridized carbons (Fsp3) is 0.333. The van der Waals surface area contributed by atoms with Gasteiger partial charge in [-0.05, 0) is 137 Å². The minimum absolute atomic E-state index is 0.0459. The molecule has 0 unspecified atom stereocenters. The number of nitrogens with zero attached hydrogens (tertiary/aromatic N) is 4. The van der Waals surface area contributed by atoms with Gasteiger partial charge in [0.2, 0.25) is 0 Å². The third-order valence-electron chi connectivity index (χ3n) is 9.31. The second kappa shape index (κ2) is 19.8. The van der Waals surface area contributed by atoms with Crippen molar-refractivity contribution < 1.29 is 28.5 Å². The van der Waals surface area contributed by atoms with E-state index in [4.69, 9.17) is 28.9 Å². The Morgan fingerprint density at radius 2 is 0.862 bits per heavy atom. The number of benzene rings is 4. The highest BCUT2D eigenvalue weighted by molar-refractivity contribution is 6.21. The van der Waals surface area contributed by atoms with E-state index in [-0.39, 0.29) is 37.1 Å². The molecule has 0 radical (unpaired) electrons. The van der Waals surface area contributed by atoms with Crippen LogP contribution >= 0.6 is 0 Å². The van der Waals surface area contributed by atoms with Crippen LogP contribution in [0.5, 0.6) is 23.0 Å². The van der Waals surface area contributed by atoms with E-state index in [1.54, 1.807) is 22.0 Å². The Kier molecular flexibility index (Phi) is 14.2. The second-order valence-corrected chi connectivity index (χ2v) is 14.8. The first-order valence-electron chi connectivity index (χ1n) is 20.4. The van der Waals surface area contributed by atoms with E-state index in [9.17, 15) is 9.59 Å². The standard InChI is InChI=1S/C48H54N4O6/c1-7-9-29-55-39-23-15-37(16-24-39)45-49-43(31-35-11-19-41(20-12-35)57-33(3)4)47(53)51(45)27-28-52-46(38-17-25-40(26-18-38)56-30-10-8-2)50-44(48(52)54)32-36-13-21-42(22-14-36)58-34(5)6/h11-26,31-34H,7-10,27-30H2,1-6H3. The van der Waals surface area contributed by atoms with Gasteiger partial charge in [-0.1, -0.05) is 51.0 Å². The number of amides is 2. The molecule has 0 saturated carbocycles. The summed E-state index contributed by atoms with van der Waals surface area (Å²) in [7, 11) is 0. The topological polar surface area (TPSA) is 102 Å². The molecule has 6 rings (SSSR count). The molecular weight excluding hydrogens is 729 g/mol. The van der Waals surface area contributed by atoms with Gasteiger partial charge >= 0.3 is 0 Å². The summed E-state index contributed by atoms with van der Waals surface area (Å²) in [5.74, 6) is 3.46. The summed E-state index contributed by atoms with van der Waals surface area (Å²) >= 11 is 0. The zero-order valence-corrected chi connectivity index (χ0v) is 34.4. The quantitative estimate of drug-likeness (QED) is 0.0694. The number of amidine groups is 2. The number of hydrogen-bond acceptors (Lipinski definition) is 8. The summed E-state index contributed by atoms with van der Waals surface area (Å²) in [5, 5.41) is 0. The van der Waals surface area contributed by atoms with E-state index in [1.807, 2.05) is 125 Å². The van der Waals surface area contributed by atoms with Crippen molar-refractivity contribution in [1.82, 2.24) is 9.80 Å². The van der Waals surface area contributed by atoms with Gasteiger partial charge in [-0.2, -0.15) is 0 Å². The first-order valence-corrected chi connectivity index (χ1v) is 20.4. The predicted molar refractivity (Wildman–Crippen MR) is 231 cm³/mol. The van der Waals surface area contributed by atoms with Crippen LogP contribution in [0.2, 0.25) is 0 Å². The molecule has 0 fully saturated rings. The maximum absolute atomic E-state index is 14.3. The van der Waals surface area contributed by atoms with Gasteiger partial charge < -0.3 is 18.9 Å². The van der Waals surface area contributed by atoms with E-state index in [1.165, 1.54) is 0 Å². The summed E-state index contributed by atoms with van der Waals surface area (Å²) < 4.78 is 23.5. The van der Waals surface area contributed by atoms with Crippen LogP contribution < -0.4 is 18.9 Å². The molecule has 0 bridgehead atoms. The highest BCUT2D eigenvalue weighted by Gasteiger charge is 2.35. The van der Waals surface area contributed by atoms with Crippen LogP contribution in [0.3, 0.4) is 0 Å². The summed E-state index contributed by atoms with van der Waals surface area (Å²) in [6, 6.07) is 30.4. The minimum Gasteiger partial charge on any atom is -0.494 e. The van der Waals surface area contributed by atoms with Crippen molar-refractivity contribution in [3.63, 3.8) is 0 Å². The average Bonchev–Trinajstić information content (AvgIpc) is 3.69. The van der Waals surface area contributed by atoms with Gasteiger partial charge in [0.1, 0.15) is 46.1 Å². The summed E-state index contributed by atoms with van der Waals surface area (Å²) in [6.45, 7) is 13.8. The maximum atomic E-state index is 14.3.